The van der Waals surface area contributed by atoms with Crippen molar-refractivity contribution in [3.8, 4) is 0 Å². The molecule has 1 saturated carbocycles. The van der Waals surface area contributed by atoms with Crippen molar-refractivity contribution in [1.29, 1.82) is 0 Å². The molecule has 1 aliphatic rings. The van der Waals surface area contributed by atoms with Crippen LogP contribution in [0.3, 0.4) is 0 Å². The Morgan fingerprint density at radius 1 is 1.29 bits per heavy atom. The van der Waals surface area contributed by atoms with Crippen LogP contribution in [0.2, 0.25) is 0 Å². The van der Waals surface area contributed by atoms with Gasteiger partial charge in [0.15, 0.2) is 0 Å². The second-order valence-corrected chi connectivity index (χ2v) is 7.25. The molecule has 4 nitrogen and oxygen atoms in total. The van der Waals surface area contributed by atoms with Crippen LogP contribution in [0.4, 0.5) is 10.5 Å². The Hall–Kier alpha value is -1.55. The van der Waals surface area contributed by atoms with E-state index in [0.717, 1.165) is 11.3 Å². The zero-order valence-corrected chi connectivity index (χ0v) is 13.7. The average Bonchev–Trinajstić information content (AvgIpc) is 2.77. The summed E-state index contributed by atoms with van der Waals surface area (Å²) in [4.78, 5) is 12.0. The quantitative estimate of drug-likeness (QED) is 0.794. The van der Waals surface area contributed by atoms with Crippen molar-refractivity contribution in [3.63, 3.8) is 0 Å². The van der Waals surface area contributed by atoms with Gasteiger partial charge in [0.2, 0.25) is 0 Å². The van der Waals surface area contributed by atoms with Gasteiger partial charge in [-0.1, -0.05) is 39.8 Å². The van der Waals surface area contributed by atoms with E-state index in [1.165, 1.54) is 0 Å². The molecule has 1 unspecified atom stereocenters. The molecule has 0 aromatic heterocycles. The smallest absolute Gasteiger partial charge is 0.319 e. The summed E-state index contributed by atoms with van der Waals surface area (Å²) < 4.78 is 0. The maximum absolute atomic E-state index is 12.0. The average molecular weight is 289 g/mol. The molecule has 0 heterocycles. The van der Waals surface area contributed by atoms with Crippen molar-refractivity contribution >= 4 is 11.7 Å². The van der Waals surface area contributed by atoms with Gasteiger partial charge in [0.05, 0.1) is 0 Å². The molecule has 1 fully saturated rings. The first-order chi connectivity index (χ1) is 9.66. The lowest BCUT2D eigenvalue weighted by Gasteiger charge is -2.11. The lowest BCUT2D eigenvalue weighted by molar-refractivity contribution is 0.251. The summed E-state index contributed by atoms with van der Waals surface area (Å²) in [6, 6.07) is 7.45. The van der Waals surface area contributed by atoms with E-state index in [1.54, 1.807) is 0 Å². The molecular formula is C17H27N3O. The molecule has 2 rings (SSSR count). The van der Waals surface area contributed by atoms with Crippen molar-refractivity contribution in [2.24, 2.45) is 22.5 Å². The molecule has 1 aromatic carbocycles. The highest BCUT2D eigenvalue weighted by Crippen LogP contribution is 2.67. The Morgan fingerprint density at radius 2 is 1.90 bits per heavy atom. The number of carbonyl (C=O) groups excluding carboxylic acids is 1. The summed E-state index contributed by atoms with van der Waals surface area (Å²) in [7, 11) is 0. The zero-order chi connectivity index (χ0) is 15.8. The van der Waals surface area contributed by atoms with Gasteiger partial charge in [-0.15, -0.1) is 0 Å². The minimum absolute atomic E-state index is 0.0390. The Balaban J connectivity index is 1.87. The molecule has 116 valence electrons. The van der Waals surface area contributed by atoms with Crippen molar-refractivity contribution in [1.82, 2.24) is 5.32 Å². The standard InChI is InChI=1S/C17H27N3O/c1-11(18)12-7-6-8-13(9-12)20-15(21)19-10-14-16(2,3)17(14,4)5/h6-9,11,14H,10,18H2,1-5H3,(H2,19,20,21). The van der Waals surface area contributed by atoms with Crippen LogP contribution in [-0.2, 0) is 0 Å². The molecule has 0 aliphatic heterocycles. The number of nitrogens with one attached hydrogen (secondary N) is 2. The van der Waals surface area contributed by atoms with Crippen LogP contribution in [0.1, 0.15) is 46.2 Å². The van der Waals surface area contributed by atoms with Gasteiger partial charge >= 0.3 is 6.03 Å². The molecule has 0 bridgehead atoms. The van der Waals surface area contributed by atoms with Crippen molar-refractivity contribution in [2.75, 3.05) is 11.9 Å². The lowest BCUT2D eigenvalue weighted by Crippen LogP contribution is -2.31. The van der Waals surface area contributed by atoms with Crippen LogP contribution in [0.25, 0.3) is 0 Å². The first-order valence-corrected chi connectivity index (χ1v) is 7.56. The maximum Gasteiger partial charge on any atom is 0.319 e. The number of benzene rings is 1. The Kier molecular flexibility index (Phi) is 4.02. The topological polar surface area (TPSA) is 67.1 Å². The van der Waals surface area contributed by atoms with Gasteiger partial charge in [-0.2, -0.15) is 0 Å². The van der Waals surface area contributed by atoms with E-state index in [9.17, 15) is 4.79 Å². The number of anilines is 1. The van der Waals surface area contributed by atoms with Gasteiger partial charge < -0.3 is 16.4 Å². The molecule has 1 atom stereocenters. The third-order valence-electron chi connectivity index (χ3n) is 5.46. The summed E-state index contributed by atoms with van der Waals surface area (Å²) >= 11 is 0. The number of rotatable bonds is 4. The van der Waals surface area contributed by atoms with Crippen LogP contribution in [-0.4, -0.2) is 12.6 Å². The zero-order valence-electron chi connectivity index (χ0n) is 13.7. The highest BCUT2D eigenvalue weighted by Gasteiger charge is 2.64. The van der Waals surface area contributed by atoms with Crippen LogP contribution in [0.15, 0.2) is 24.3 Å². The second kappa shape index (κ2) is 5.34. The molecule has 2 amide bonds. The highest BCUT2D eigenvalue weighted by atomic mass is 16.2. The predicted octanol–water partition coefficient (Wildman–Crippen LogP) is 3.51. The lowest BCUT2D eigenvalue weighted by atomic mass is 10.0. The van der Waals surface area contributed by atoms with Crippen molar-refractivity contribution < 1.29 is 4.79 Å². The summed E-state index contributed by atoms with van der Waals surface area (Å²) in [6.07, 6.45) is 0. The summed E-state index contributed by atoms with van der Waals surface area (Å²) in [6.45, 7) is 11.6. The van der Waals surface area contributed by atoms with Gasteiger partial charge in [-0.05, 0) is 41.4 Å². The number of carbonyl (C=O) groups is 1. The third kappa shape index (κ3) is 3.05. The predicted molar refractivity (Wildman–Crippen MR) is 87.1 cm³/mol. The van der Waals surface area contributed by atoms with Gasteiger partial charge in [0, 0.05) is 18.3 Å². The van der Waals surface area contributed by atoms with Crippen molar-refractivity contribution in [3.05, 3.63) is 29.8 Å². The number of hydrogen-bond acceptors (Lipinski definition) is 2. The minimum Gasteiger partial charge on any atom is -0.338 e. The molecule has 4 N–H and O–H groups in total. The van der Waals surface area contributed by atoms with E-state index in [-0.39, 0.29) is 22.9 Å². The molecule has 0 saturated heterocycles. The molecule has 1 aliphatic carbocycles. The molecular weight excluding hydrogens is 262 g/mol. The van der Waals surface area contributed by atoms with E-state index in [0.29, 0.717) is 12.5 Å². The fraction of sp³-hybridized carbons (Fsp3) is 0.588. The first-order valence-electron chi connectivity index (χ1n) is 7.56. The van der Waals surface area contributed by atoms with Crippen LogP contribution in [0, 0.1) is 16.7 Å². The Labute approximate surface area is 127 Å². The fourth-order valence-electron chi connectivity index (χ4n) is 3.11. The summed E-state index contributed by atoms with van der Waals surface area (Å²) in [5.74, 6) is 0.520. The number of nitrogens with two attached hydrogens (primary N) is 1. The molecule has 1 aromatic rings. The van der Waals surface area contributed by atoms with Gasteiger partial charge in [-0.3, -0.25) is 0 Å². The minimum atomic E-state index is -0.157. The van der Waals surface area contributed by atoms with Gasteiger partial charge in [0.25, 0.3) is 0 Å². The Bertz CT molecular complexity index is 521. The van der Waals surface area contributed by atoms with Gasteiger partial charge in [0.1, 0.15) is 0 Å². The van der Waals surface area contributed by atoms with Crippen LogP contribution < -0.4 is 16.4 Å². The first kappa shape index (κ1) is 15.8. The fourth-order valence-corrected chi connectivity index (χ4v) is 3.11. The van der Waals surface area contributed by atoms with E-state index in [1.807, 2.05) is 31.2 Å². The molecule has 0 spiro atoms. The molecule has 21 heavy (non-hydrogen) atoms. The largest absolute Gasteiger partial charge is 0.338 e. The Morgan fingerprint density at radius 3 is 2.43 bits per heavy atom. The number of hydrogen-bond donors (Lipinski definition) is 3. The third-order valence-corrected chi connectivity index (χ3v) is 5.46. The normalized spacial score (nSPS) is 20.7. The van der Waals surface area contributed by atoms with Gasteiger partial charge in [-0.25, -0.2) is 4.79 Å². The maximum atomic E-state index is 12.0. The van der Waals surface area contributed by atoms with Crippen LogP contribution in [0.5, 0.6) is 0 Å². The van der Waals surface area contributed by atoms with E-state index in [4.69, 9.17) is 5.73 Å². The number of urea groups is 1. The molecule has 4 heteroatoms. The second-order valence-electron chi connectivity index (χ2n) is 7.25. The SMILES string of the molecule is CC(N)c1cccc(NC(=O)NCC2C(C)(C)C2(C)C)c1. The van der Waals surface area contributed by atoms with E-state index >= 15 is 0 Å². The van der Waals surface area contributed by atoms with Crippen LogP contribution >= 0.6 is 0 Å². The van der Waals surface area contributed by atoms with E-state index < -0.39 is 0 Å². The van der Waals surface area contributed by atoms with Crippen molar-refractivity contribution in [2.45, 2.75) is 40.7 Å². The number of amides is 2. The summed E-state index contributed by atoms with van der Waals surface area (Å²) in [5, 5.41) is 5.84. The monoisotopic (exact) mass is 289 g/mol. The summed E-state index contributed by atoms with van der Waals surface area (Å²) in [5.41, 5.74) is 8.21. The highest BCUT2D eigenvalue weighted by molar-refractivity contribution is 5.89. The van der Waals surface area contributed by atoms with E-state index in [2.05, 4.69) is 38.3 Å². The molecule has 0 radical (unpaired) electrons.